The Morgan fingerprint density at radius 3 is 2.18 bits per heavy atom. The van der Waals surface area contributed by atoms with Gasteiger partial charge in [0.05, 0.1) is 30.0 Å². The third kappa shape index (κ3) is 7.44. The zero-order valence-corrected chi connectivity index (χ0v) is 32.8. The van der Waals surface area contributed by atoms with E-state index < -0.39 is 101 Å². The molecule has 18 nitrogen and oxygen atoms in total. The van der Waals surface area contributed by atoms with Crippen molar-refractivity contribution in [2.75, 3.05) is 58.9 Å². The Morgan fingerprint density at radius 1 is 1.00 bits per heavy atom. The first-order valence-electron chi connectivity index (χ1n) is 17.8. The van der Waals surface area contributed by atoms with Crippen molar-refractivity contribution < 1.29 is 63.4 Å². The van der Waals surface area contributed by atoms with Crippen LogP contribution in [-0.4, -0.2) is 131 Å². The molecule has 57 heavy (non-hydrogen) atoms. The highest BCUT2D eigenvalue weighted by atomic mass is 16.7. The lowest BCUT2D eigenvalue weighted by Gasteiger charge is -2.50. The third-order valence-electron chi connectivity index (χ3n) is 10.5. The molecule has 0 heterocycles. The minimum atomic E-state index is -2.82. The number of phenols is 1. The van der Waals surface area contributed by atoms with E-state index in [-0.39, 0.29) is 35.2 Å². The van der Waals surface area contributed by atoms with Crippen LogP contribution in [-0.2, 0) is 35.1 Å². The number of ketones is 2. The van der Waals surface area contributed by atoms with Crippen LogP contribution >= 0.6 is 0 Å². The van der Waals surface area contributed by atoms with Crippen molar-refractivity contribution in [1.82, 2.24) is 9.80 Å². The van der Waals surface area contributed by atoms with Gasteiger partial charge in [-0.2, -0.15) is 0 Å². The van der Waals surface area contributed by atoms with Crippen molar-refractivity contribution in [3.8, 4) is 11.5 Å². The van der Waals surface area contributed by atoms with E-state index in [0.717, 1.165) is 4.90 Å². The maximum Gasteiger partial charge on any atom is 0.413 e. The summed E-state index contributed by atoms with van der Waals surface area (Å²) < 4.78 is 15.3. The summed E-state index contributed by atoms with van der Waals surface area (Å²) >= 11 is 0. The highest BCUT2D eigenvalue weighted by Gasteiger charge is 2.64. The Morgan fingerprint density at radius 2 is 1.63 bits per heavy atom. The fourth-order valence-electron chi connectivity index (χ4n) is 7.72. The first kappa shape index (κ1) is 42.0. The number of hydrogen-bond donors (Lipinski definition) is 6. The minimum Gasteiger partial charge on any atom is -0.508 e. The zero-order valence-electron chi connectivity index (χ0n) is 32.8. The molecule has 0 aliphatic heterocycles. The van der Waals surface area contributed by atoms with Gasteiger partial charge in [-0.1, -0.05) is 0 Å². The maximum atomic E-state index is 14.3. The number of likely N-dealkylation sites (N-methyl/N-ethyl adjacent to an activating group) is 1. The number of carbonyl (C=O) groups is 6. The fourth-order valence-corrected chi connectivity index (χ4v) is 7.72. The number of methoxy groups -OCH3 is 1. The van der Waals surface area contributed by atoms with Crippen LogP contribution in [0.4, 0.5) is 16.2 Å². The van der Waals surface area contributed by atoms with Gasteiger partial charge in [0.1, 0.15) is 35.1 Å². The summed E-state index contributed by atoms with van der Waals surface area (Å²) in [6.07, 6.45) is -1.07. The SMILES string of the molecule is COc1ccc(C(=O)OCOC(=O)N(CC(=O)Nc2cc(N(C)C)c3c(c2O)C(O)=C2C(=O)[C@]4(O)C(O)=C(C(N)=O)C(=O)[C@@H](N(C)C)[C@@H]4C[C@@H]2C3)C(C)(C)C)cc1. The number of phenolic OH excluding ortho intramolecular Hbond substituents is 1. The molecule has 0 saturated heterocycles. The highest BCUT2D eigenvalue weighted by Crippen LogP contribution is 2.54. The Hall–Kier alpha value is -6.14. The average molecular weight is 794 g/mol. The second-order valence-electron chi connectivity index (χ2n) is 15.5. The number of anilines is 2. The largest absolute Gasteiger partial charge is 0.508 e. The second kappa shape index (κ2) is 15.4. The quantitative estimate of drug-likeness (QED) is 0.0871. The number of fused-ring (bicyclic) bond motifs is 3. The number of nitrogens with zero attached hydrogens (tertiary/aromatic N) is 3. The van der Waals surface area contributed by atoms with Crippen LogP contribution < -0.4 is 20.7 Å². The van der Waals surface area contributed by atoms with Gasteiger partial charge in [-0.05, 0) is 89.5 Å². The van der Waals surface area contributed by atoms with Crippen molar-refractivity contribution in [2.24, 2.45) is 17.6 Å². The first-order valence-corrected chi connectivity index (χ1v) is 17.8. The van der Waals surface area contributed by atoms with Crippen LogP contribution in [0.5, 0.6) is 11.5 Å². The Balaban J connectivity index is 1.43. The molecule has 0 spiro atoms. The number of rotatable bonds is 10. The average Bonchev–Trinajstić information content (AvgIpc) is 3.12. The first-order chi connectivity index (χ1) is 26.6. The highest BCUT2D eigenvalue weighted by molar-refractivity contribution is 6.24. The van der Waals surface area contributed by atoms with Crippen LogP contribution in [0.15, 0.2) is 47.2 Å². The number of ether oxygens (including phenoxy) is 3. The summed E-state index contributed by atoms with van der Waals surface area (Å²) in [7, 11) is 7.84. The van der Waals surface area contributed by atoms with Gasteiger partial charge >= 0.3 is 12.1 Å². The van der Waals surface area contributed by atoms with Crippen LogP contribution in [0.25, 0.3) is 5.76 Å². The molecule has 4 atom stereocenters. The molecule has 1 saturated carbocycles. The van der Waals surface area contributed by atoms with Gasteiger partial charge in [0.15, 0.2) is 11.4 Å². The molecule has 2 aromatic carbocycles. The normalized spacial score (nSPS) is 21.6. The van der Waals surface area contributed by atoms with E-state index >= 15 is 0 Å². The molecule has 7 N–H and O–H groups in total. The Labute approximate surface area is 328 Å². The molecule has 0 unspecified atom stereocenters. The van der Waals surface area contributed by atoms with Crippen LogP contribution in [0.1, 0.15) is 48.7 Å². The number of amides is 3. The predicted octanol–water partition coefficient (Wildman–Crippen LogP) is 2.03. The molecular weight excluding hydrogens is 746 g/mol. The number of Topliss-reactive ketones (excluding diaryl/α,β-unsaturated/α-hetero) is 2. The van der Waals surface area contributed by atoms with Gasteiger partial charge in [0.2, 0.25) is 18.5 Å². The molecule has 0 bridgehead atoms. The zero-order chi connectivity index (χ0) is 42.5. The molecule has 1 fully saturated rings. The predicted molar refractivity (Wildman–Crippen MR) is 203 cm³/mol. The number of hydrogen-bond acceptors (Lipinski definition) is 15. The molecule has 306 valence electrons. The summed E-state index contributed by atoms with van der Waals surface area (Å²) in [6, 6.07) is 6.26. The number of carbonyl (C=O) groups excluding carboxylic acids is 6. The monoisotopic (exact) mass is 793 g/mol. The summed E-state index contributed by atoms with van der Waals surface area (Å²) in [6.45, 7) is 3.53. The molecule has 3 aliphatic carbocycles. The van der Waals surface area contributed by atoms with E-state index in [4.69, 9.17) is 19.9 Å². The Kier molecular flexibility index (Phi) is 11.4. The lowest BCUT2D eigenvalue weighted by molar-refractivity contribution is -0.153. The number of nitrogens with two attached hydrogens (primary N) is 1. The van der Waals surface area contributed by atoms with E-state index in [9.17, 15) is 49.2 Å². The fraction of sp³-hybridized carbons (Fsp3) is 0.436. The van der Waals surface area contributed by atoms with Crippen LogP contribution in [0.2, 0.25) is 0 Å². The van der Waals surface area contributed by atoms with Gasteiger partial charge < -0.3 is 50.6 Å². The summed E-state index contributed by atoms with van der Waals surface area (Å²) in [5.41, 5.74) is 0.833. The van der Waals surface area contributed by atoms with Crippen LogP contribution in [0.3, 0.4) is 0 Å². The smallest absolute Gasteiger partial charge is 0.413 e. The molecule has 0 radical (unpaired) electrons. The summed E-state index contributed by atoms with van der Waals surface area (Å²) in [5.74, 6) is -9.11. The molecule has 3 amide bonds. The van der Waals surface area contributed by atoms with Gasteiger partial charge in [0.25, 0.3) is 5.91 Å². The lowest BCUT2D eigenvalue weighted by Crippen LogP contribution is -2.65. The molecule has 18 heteroatoms. The van der Waals surface area contributed by atoms with Gasteiger partial charge in [-0.3, -0.25) is 29.0 Å². The Bertz CT molecular complexity index is 2100. The molecule has 5 rings (SSSR count). The number of aromatic hydroxyl groups is 1. The topological polar surface area (TPSA) is 259 Å². The maximum absolute atomic E-state index is 14.3. The van der Waals surface area contributed by atoms with E-state index in [2.05, 4.69) is 5.32 Å². The molecule has 3 aliphatic rings. The van der Waals surface area contributed by atoms with Crippen molar-refractivity contribution in [3.05, 3.63) is 63.9 Å². The lowest BCUT2D eigenvalue weighted by atomic mass is 9.57. The summed E-state index contributed by atoms with van der Waals surface area (Å²) in [4.78, 5) is 83.2. The minimum absolute atomic E-state index is 0.0243. The summed E-state index contributed by atoms with van der Waals surface area (Å²) in [5, 5.41) is 49.0. The number of benzene rings is 2. The second-order valence-corrected chi connectivity index (χ2v) is 15.5. The molecule has 2 aromatic rings. The third-order valence-corrected chi connectivity index (χ3v) is 10.5. The number of aliphatic hydroxyl groups is 3. The van der Waals surface area contributed by atoms with Gasteiger partial charge in [-0.25, -0.2) is 9.59 Å². The van der Waals surface area contributed by atoms with Crippen molar-refractivity contribution in [3.63, 3.8) is 0 Å². The standard InChI is InChI=1S/C39H47N5O13/c1-38(2,3)44(37(53)57-17-56-36(52)18-9-11-20(55-8)12-10-18)16-25(45)41-23-15-24(42(4)5)21-13-19-14-22-29(43(6)7)32(48)28(35(40)51)34(50)39(22,54)33(49)26(19)31(47)27(21)30(23)46/h9-12,15,19,22,29,46-47,50,54H,13-14,16-17H2,1-8H3,(H2,40,51)(H,41,45)/t19-,22-,29-,39-/m0/s1. The van der Waals surface area contributed by atoms with Crippen molar-refractivity contribution in [1.29, 1.82) is 0 Å². The van der Waals surface area contributed by atoms with E-state index in [1.807, 2.05) is 0 Å². The van der Waals surface area contributed by atoms with E-state index in [0.29, 0.717) is 17.0 Å². The van der Waals surface area contributed by atoms with E-state index in [1.54, 1.807) is 51.9 Å². The number of esters is 1. The van der Waals surface area contributed by atoms with Crippen LogP contribution in [0, 0.1) is 11.8 Å². The number of primary amides is 1. The molecular formula is C39H47N5O13. The van der Waals surface area contributed by atoms with Gasteiger partial charge in [-0.15, -0.1) is 0 Å². The number of aliphatic hydroxyl groups excluding tert-OH is 2. The molecule has 0 aromatic heterocycles. The van der Waals surface area contributed by atoms with Crippen molar-refractivity contribution >= 4 is 52.6 Å². The van der Waals surface area contributed by atoms with E-state index in [1.165, 1.54) is 44.3 Å². The van der Waals surface area contributed by atoms with Gasteiger partial charge in [0, 0.05) is 36.8 Å². The number of nitrogens with one attached hydrogen (secondary N) is 1. The van der Waals surface area contributed by atoms with Crippen molar-refractivity contribution in [2.45, 2.75) is 50.8 Å².